The van der Waals surface area contributed by atoms with Gasteiger partial charge < -0.3 is 19.5 Å². The second-order valence-corrected chi connectivity index (χ2v) is 6.71. The van der Waals surface area contributed by atoms with Crippen LogP contribution < -0.4 is 10.1 Å². The minimum atomic E-state index is -0.176. The molecule has 0 saturated carbocycles. The molecule has 1 aliphatic rings. The monoisotopic (exact) mass is 378 g/mol. The van der Waals surface area contributed by atoms with Gasteiger partial charge >= 0.3 is 0 Å². The zero-order valence-electron chi connectivity index (χ0n) is 15.9. The van der Waals surface area contributed by atoms with Crippen LogP contribution in [0.3, 0.4) is 0 Å². The Kier molecular flexibility index (Phi) is 4.73. The maximum atomic E-state index is 12.5. The molecule has 2 aromatic carbocycles. The zero-order valence-corrected chi connectivity index (χ0v) is 15.9. The van der Waals surface area contributed by atoms with E-state index in [-0.39, 0.29) is 11.8 Å². The number of carbonyl (C=O) groups excluding carboxylic acids is 2. The molecule has 2 heterocycles. The van der Waals surface area contributed by atoms with E-state index in [2.05, 4.69) is 10.3 Å². The van der Waals surface area contributed by atoms with Crippen LogP contribution in [0.15, 0.2) is 42.5 Å². The highest BCUT2D eigenvalue weighted by atomic mass is 16.5. The summed E-state index contributed by atoms with van der Waals surface area (Å²) in [5, 5.41) is 2.91. The largest absolute Gasteiger partial charge is 0.497 e. The third-order valence-corrected chi connectivity index (χ3v) is 5.08. The van der Waals surface area contributed by atoms with E-state index in [1.807, 2.05) is 41.8 Å². The fourth-order valence-electron chi connectivity index (χ4n) is 3.45. The van der Waals surface area contributed by atoms with Gasteiger partial charge in [-0.2, -0.15) is 0 Å². The van der Waals surface area contributed by atoms with Crippen LogP contribution in [0, 0.1) is 0 Å². The summed E-state index contributed by atoms with van der Waals surface area (Å²) in [6.07, 6.45) is 0. The first-order chi connectivity index (χ1) is 13.6. The van der Waals surface area contributed by atoms with E-state index >= 15 is 0 Å². The van der Waals surface area contributed by atoms with Crippen molar-refractivity contribution in [2.75, 3.05) is 20.2 Å². The first-order valence-electron chi connectivity index (χ1n) is 9.31. The van der Waals surface area contributed by atoms with Crippen LogP contribution in [0.1, 0.15) is 33.5 Å². The summed E-state index contributed by atoms with van der Waals surface area (Å²) in [4.78, 5) is 31.3. The molecule has 0 unspecified atom stereocenters. The topological polar surface area (TPSA) is 76.5 Å². The summed E-state index contributed by atoms with van der Waals surface area (Å²) in [7, 11) is 1.62. The normalized spacial score (nSPS) is 13.5. The lowest BCUT2D eigenvalue weighted by Crippen LogP contribution is -2.40. The lowest BCUT2D eigenvalue weighted by molar-refractivity contribution is 0.0709. The van der Waals surface area contributed by atoms with Crippen molar-refractivity contribution in [2.24, 2.45) is 0 Å². The van der Waals surface area contributed by atoms with Gasteiger partial charge in [-0.3, -0.25) is 9.59 Å². The minimum Gasteiger partial charge on any atom is -0.497 e. The third kappa shape index (κ3) is 3.19. The van der Waals surface area contributed by atoms with Crippen LogP contribution in [0.5, 0.6) is 5.75 Å². The van der Waals surface area contributed by atoms with Gasteiger partial charge in [-0.1, -0.05) is 12.1 Å². The first kappa shape index (κ1) is 18.0. The predicted molar refractivity (Wildman–Crippen MR) is 105 cm³/mol. The lowest BCUT2D eigenvalue weighted by atomic mass is 10.1. The van der Waals surface area contributed by atoms with Crippen molar-refractivity contribution in [1.29, 1.82) is 0 Å². The molecule has 4 rings (SSSR count). The summed E-state index contributed by atoms with van der Waals surface area (Å²) in [5.41, 5.74) is 3.05. The number of aromatic nitrogens is 2. The van der Waals surface area contributed by atoms with Gasteiger partial charge in [0.2, 0.25) is 0 Å². The lowest BCUT2D eigenvalue weighted by Gasteiger charge is -2.26. The number of methoxy groups -OCH3 is 1. The number of amides is 2. The number of ether oxygens (including phenoxy) is 1. The van der Waals surface area contributed by atoms with Crippen molar-refractivity contribution in [2.45, 2.75) is 20.0 Å². The van der Waals surface area contributed by atoms with Crippen molar-refractivity contribution >= 4 is 22.8 Å². The highest BCUT2D eigenvalue weighted by molar-refractivity contribution is 5.99. The fraction of sp³-hybridized carbons (Fsp3) is 0.286. The molecule has 1 aliphatic heterocycles. The quantitative estimate of drug-likeness (QED) is 0.740. The van der Waals surface area contributed by atoms with Crippen molar-refractivity contribution in [3.63, 3.8) is 0 Å². The first-order valence-corrected chi connectivity index (χ1v) is 9.31. The van der Waals surface area contributed by atoms with E-state index in [0.717, 1.165) is 16.8 Å². The molecule has 7 heteroatoms. The number of carbonyl (C=O) groups is 2. The zero-order chi connectivity index (χ0) is 19.7. The average molecular weight is 378 g/mol. The molecular weight excluding hydrogens is 356 g/mol. The van der Waals surface area contributed by atoms with Crippen molar-refractivity contribution in [1.82, 2.24) is 19.8 Å². The van der Waals surface area contributed by atoms with Gasteiger partial charge in [-0.25, -0.2) is 4.98 Å². The Hall–Kier alpha value is -3.35. The number of hydrogen-bond acceptors (Lipinski definition) is 4. The number of hydrogen-bond donors (Lipinski definition) is 1. The fourth-order valence-corrected chi connectivity index (χ4v) is 3.45. The molecule has 0 atom stereocenters. The van der Waals surface area contributed by atoms with Crippen molar-refractivity contribution in [3.8, 4) is 5.75 Å². The number of likely N-dealkylation sites (N-methyl/N-ethyl adjacent to an activating group) is 1. The molecule has 0 fully saturated rings. The Morgan fingerprint density at radius 3 is 2.68 bits per heavy atom. The Bertz CT molecular complexity index is 1040. The molecule has 1 aromatic heterocycles. The maximum Gasteiger partial charge on any atom is 0.289 e. The van der Waals surface area contributed by atoms with E-state index in [0.29, 0.717) is 43.1 Å². The van der Waals surface area contributed by atoms with Gasteiger partial charge in [-0.15, -0.1) is 0 Å². The number of imidazole rings is 1. The van der Waals surface area contributed by atoms with Gasteiger partial charge in [0.25, 0.3) is 11.8 Å². The van der Waals surface area contributed by atoms with Crippen LogP contribution in [-0.4, -0.2) is 46.5 Å². The molecule has 0 bridgehead atoms. The molecule has 0 saturated heterocycles. The second-order valence-electron chi connectivity index (χ2n) is 6.71. The Morgan fingerprint density at radius 2 is 1.96 bits per heavy atom. The third-order valence-electron chi connectivity index (χ3n) is 5.08. The summed E-state index contributed by atoms with van der Waals surface area (Å²) in [6.45, 7) is 4.44. The minimum absolute atomic E-state index is 0.0598. The van der Waals surface area contributed by atoms with Gasteiger partial charge in [0.05, 0.1) is 18.1 Å². The second kappa shape index (κ2) is 7.34. The summed E-state index contributed by atoms with van der Waals surface area (Å²) >= 11 is 0. The van der Waals surface area contributed by atoms with Gasteiger partial charge in [0.15, 0.2) is 5.82 Å². The van der Waals surface area contributed by atoms with Crippen LogP contribution in [-0.2, 0) is 13.1 Å². The average Bonchev–Trinajstić information content (AvgIpc) is 3.11. The van der Waals surface area contributed by atoms with Gasteiger partial charge in [0, 0.05) is 31.7 Å². The van der Waals surface area contributed by atoms with Gasteiger partial charge in [-0.05, 0) is 42.8 Å². The summed E-state index contributed by atoms with van der Waals surface area (Å²) in [5.74, 6) is 0.986. The summed E-state index contributed by atoms with van der Waals surface area (Å²) in [6, 6.07) is 12.9. The molecular formula is C21H22N4O3. The molecule has 28 heavy (non-hydrogen) atoms. The molecule has 7 nitrogen and oxygen atoms in total. The molecule has 0 spiro atoms. The Morgan fingerprint density at radius 1 is 1.18 bits per heavy atom. The maximum absolute atomic E-state index is 12.5. The molecule has 0 radical (unpaired) electrons. The van der Waals surface area contributed by atoms with Crippen LogP contribution in [0.25, 0.3) is 11.0 Å². The molecule has 1 N–H and O–H groups in total. The van der Waals surface area contributed by atoms with Crippen molar-refractivity contribution in [3.05, 3.63) is 59.4 Å². The number of nitrogens with zero attached hydrogens (tertiary/aromatic N) is 3. The Balaban J connectivity index is 1.52. The number of fused-ring (bicyclic) bond motifs is 3. The molecule has 3 aromatic rings. The van der Waals surface area contributed by atoms with E-state index in [4.69, 9.17) is 4.74 Å². The Labute approximate surface area is 162 Å². The predicted octanol–water partition coefficient (Wildman–Crippen LogP) is 2.45. The highest BCUT2D eigenvalue weighted by Crippen LogP contribution is 2.22. The molecule has 2 amide bonds. The van der Waals surface area contributed by atoms with Gasteiger partial charge in [0.1, 0.15) is 5.75 Å². The van der Waals surface area contributed by atoms with Crippen LogP contribution in [0.2, 0.25) is 0 Å². The van der Waals surface area contributed by atoms with E-state index in [9.17, 15) is 9.59 Å². The van der Waals surface area contributed by atoms with Crippen LogP contribution in [0.4, 0.5) is 0 Å². The number of rotatable bonds is 5. The standard InChI is InChI=1S/C21H22N4O3/c1-3-24-10-11-25-18-9-6-15(12-17(18)23-19(25)21(24)27)20(26)22-13-14-4-7-16(28-2)8-5-14/h4-9,12H,3,10-11,13H2,1-2H3,(H,22,26). The summed E-state index contributed by atoms with van der Waals surface area (Å²) < 4.78 is 7.07. The highest BCUT2D eigenvalue weighted by Gasteiger charge is 2.27. The van der Waals surface area contributed by atoms with E-state index in [1.54, 1.807) is 24.1 Å². The van der Waals surface area contributed by atoms with E-state index in [1.165, 1.54) is 0 Å². The SMILES string of the molecule is CCN1CCn2c(nc3cc(C(=O)NCc4ccc(OC)cc4)ccc32)C1=O. The number of benzene rings is 2. The van der Waals surface area contributed by atoms with E-state index < -0.39 is 0 Å². The van der Waals surface area contributed by atoms with Crippen molar-refractivity contribution < 1.29 is 14.3 Å². The molecule has 0 aliphatic carbocycles. The smallest absolute Gasteiger partial charge is 0.289 e. The molecule has 144 valence electrons. The number of nitrogens with one attached hydrogen (secondary N) is 1. The van der Waals surface area contributed by atoms with Crippen LogP contribution >= 0.6 is 0 Å².